The number of likely N-dealkylation sites (tertiary alicyclic amines) is 1. The Morgan fingerprint density at radius 1 is 1.11 bits per heavy atom. The van der Waals surface area contributed by atoms with Crippen molar-refractivity contribution in [2.24, 2.45) is 0 Å². The van der Waals surface area contributed by atoms with Gasteiger partial charge in [-0.3, -0.25) is 0 Å². The first kappa shape index (κ1) is 26.6. The monoisotopic (exact) mass is 556 g/mol. The number of piperidine rings is 1. The normalized spacial score (nSPS) is 13.5. The van der Waals surface area contributed by atoms with E-state index in [9.17, 15) is 4.79 Å². The number of para-hydroxylation sites is 1. The van der Waals surface area contributed by atoms with E-state index in [0.29, 0.717) is 35.5 Å². The average molecular weight is 557 g/mol. The van der Waals surface area contributed by atoms with Crippen molar-refractivity contribution in [3.8, 4) is 11.5 Å². The number of carbonyl (C=O) groups is 1. The number of halogens is 1. The molecule has 1 aromatic carbocycles. The number of pyridine rings is 2. The zero-order valence-electron chi connectivity index (χ0n) is 19.9. The summed E-state index contributed by atoms with van der Waals surface area (Å²) in [6, 6.07) is 17.3. The van der Waals surface area contributed by atoms with Gasteiger partial charge in [0.05, 0.1) is 7.11 Å². The molecular weight excluding hydrogens is 532 g/mol. The molecule has 37 heavy (non-hydrogen) atoms. The van der Waals surface area contributed by atoms with Crippen molar-refractivity contribution in [2.75, 3.05) is 25.5 Å². The van der Waals surface area contributed by atoms with E-state index < -0.39 is 0 Å². The Morgan fingerprint density at radius 2 is 1.89 bits per heavy atom. The van der Waals surface area contributed by atoms with E-state index in [4.69, 9.17) is 14.5 Å². The predicted octanol–water partition coefficient (Wildman–Crippen LogP) is 6.38. The van der Waals surface area contributed by atoms with E-state index in [-0.39, 0.29) is 24.4 Å². The Bertz CT molecular complexity index is 1300. The van der Waals surface area contributed by atoms with E-state index in [1.165, 1.54) is 30.4 Å². The molecule has 0 unspecified atom stereocenters. The molecule has 12 heteroatoms. The van der Waals surface area contributed by atoms with Gasteiger partial charge in [0.15, 0.2) is 11.6 Å². The van der Waals surface area contributed by atoms with E-state index >= 15 is 0 Å². The first-order valence-corrected chi connectivity index (χ1v) is 13.0. The van der Waals surface area contributed by atoms with Crippen molar-refractivity contribution in [1.29, 1.82) is 0 Å². The van der Waals surface area contributed by atoms with E-state index in [0.717, 1.165) is 28.6 Å². The highest BCUT2D eigenvalue weighted by molar-refractivity contribution is 7.99. The third kappa shape index (κ3) is 6.88. The Kier molecular flexibility index (Phi) is 9.15. The second-order valence-corrected chi connectivity index (χ2v) is 9.86. The lowest BCUT2D eigenvalue weighted by molar-refractivity contribution is 0.112. The molecule has 192 valence electrons. The van der Waals surface area contributed by atoms with Gasteiger partial charge >= 0.3 is 6.09 Å². The number of rotatable bonds is 7. The number of anilines is 2. The van der Waals surface area contributed by atoms with Gasteiger partial charge in [-0.25, -0.2) is 19.7 Å². The summed E-state index contributed by atoms with van der Waals surface area (Å²) in [5.74, 6) is 2.80. The number of amides is 1. The van der Waals surface area contributed by atoms with Gasteiger partial charge in [-0.15, -0.1) is 12.4 Å². The molecule has 1 aliphatic heterocycles. The molecule has 5 rings (SSSR count). The van der Waals surface area contributed by atoms with Crippen LogP contribution in [0.2, 0.25) is 0 Å². The Labute approximate surface area is 229 Å². The molecule has 1 amide bonds. The molecule has 0 aliphatic carbocycles. The second-order valence-electron chi connectivity index (χ2n) is 8.02. The fraction of sp³-hybridized carbons (Fsp3) is 0.240. The van der Waals surface area contributed by atoms with Gasteiger partial charge in [-0.1, -0.05) is 36.0 Å². The van der Waals surface area contributed by atoms with Crippen LogP contribution in [-0.2, 0) is 4.74 Å². The highest BCUT2D eigenvalue weighted by atomic mass is 35.5. The number of nitrogens with one attached hydrogen (secondary N) is 1. The number of hydrogen-bond donors (Lipinski definition) is 1. The topological polar surface area (TPSA) is 102 Å². The molecule has 0 atom stereocenters. The second kappa shape index (κ2) is 12.7. The van der Waals surface area contributed by atoms with Crippen molar-refractivity contribution in [3.05, 3.63) is 72.8 Å². The molecule has 4 heterocycles. The van der Waals surface area contributed by atoms with Crippen LogP contribution >= 0.6 is 35.7 Å². The SMILES string of the molecule is COC(=O)N1CCC(c2nsc(Nc3ncc(Sc4ccccn4)cc3Oc3ccccc3)n2)CC1.Cl. The summed E-state index contributed by atoms with van der Waals surface area (Å²) in [5, 5.41) is 4.79. The summed E-state index contributed by atoms with van der Waals surface area (Å²) in [4.78, 5) is 28.1. The molecule has 1 fully saturated rings. The van der Waals surface area contributed by atoms with E-state index in [1.54, 1.807) is 17.3 Å². The fourth-order valence-corrected chi connectivity index (χ4v) is 5.22. The van der Waals surface area contributed by atoms with E-state index in [2.05, 4.69) is 19.7 Å². The lowest BCUT2D eigenvalue weighted by atomic mass is 9.96. The maximum absolute atomic E-state index is 11.7. The quantitative estimate of drug-likeness (QED) is 0.277. The maximum atomic E-state index is 11.7. The number of nitrogens with zero attached hydrogens (tertiary/aromatic N) is 5. The van der Waals surface area contributed by atoms with Gasteiger partial charge in [0.2, 0.25) is 5.13 Å². The van der Waals surface area contributed by atoms with Gasteiger partial charge in [0, 0.05) is 53.9 Å². The minimum Gasteiger partial charge on any atom is -0.453 e. The number of carbonyl (C=O) groups excluding carboxylic acids is 1. The summed E-state index contributed by atoms with van der Waals surface area (Å²) >= 11 is 2.79. The van der Waals surface area contributed by atoms with Crippen molar-refractivity contribution in [1.82, 2.24) is 24.2 Å². The number of ether oxygens (including phenoxy) is 2. The standard InChI is InChI=1S/C25H24N6O3S2.ClH/c1-33-25(32)31-13-10-17(11-14-31)22-28-24(36-30-22)29-23-20(34-18-7-3-2-4-8-18)15-19(16-27-23)35-21-9-5-6-12-26-21;/h2-9,12,15-17H,10-11,13-14H2,1H3,(H,27,28,29,30);1H. The highest BCUT2D eigenvalue weighted by Gasteiger charge is 2.27. The van der Waals surface area contributed by atoms with E-state index in [1.807, 2.05) is 54.6 Å². The van der Waals surface area contributed by atoms with Crippen LogP contribution in [0.25, 0.3) is 0 Å². The molecule has 1 saturated heterocycles. The van der Waals surface area contributed by atoms with Crippen molar-refractivity contribution < 1.29 is 14.3 Å². The summed E-state index contributed by atoms with van der Waals surface area (Å²) < 4.78 is 15.6. The summed E-state index contributed by atoms with van der Waals surface area (Å²) in [6.45, 7) is 1.26. The molecular formula is C25H25ClN6O3S2. The van der Waals surface area contributed by atoms with Crippen LogP contribution in [0.15, 0.2) is 76.9 Å². The van der Waals surface area contributed by atoms with Crippen LogP contribution in [0.4, 0.5) is 15.7 Å². The van der Waals surface area contributed by atoms with Crippen molar-refractivity contribution in [2.45, 2.75) is 28.7 Å². The van der Waals surface area contributed by atoms with Crippen molar-refractivity contribution in [3.63, 3.8) is 0 Å². The summed E-state index contributed by atoms with van der Waals surface area (Å²) in [7, 11) is 1.40. The number of benzene rings is 1. The Morgan fingerprint density at radius 3 is 2.62 bits per heavy atom. The third-order valence-corrected chi connectivity index (χ3v) is 7.17. The summed E-state index contributed by atoms with van der Waals surface area (Å²) in [6.07, 6.45) is 4.85. The van der Waals surface area contributed by atoms with Gasteiger partial charge in [-0.2, -0.15) is 4.37 Å². The van der Waals surface area contributed by atoms with Crippen LogP contribution in [0.1, 0.15) is 24.6 Å². The van der Waals surface area contributed by atoms with Crippen LogP contribution in [0, 0.1) is 0 Å². The Hall–Kier alpha value is -3.41. The molecule has 0 radical (unpaired) electrons. The minimum atomic E-state index is -0.288. The van der Waals surface area contributed by atoms with Gasteiger partial charge in [0.25, 0.3) is 0 Å². The molecule has 0 saturated carbocycles. The number of hydrogen-bond acceptors (Lipinski definition) is 10. The van der Waals surface area contributed by atoms with Crippen LogP contribution in [-0.4, -0.2) is 50.5 Å². The first-order chi connectivity index (χ1) is 17.7. The maximum Gasteiger partial charge on any atom is 0.409 e. The van der Waals surface area contributed by atoms with Gasteiger partial charge in [-0.05, 0) is 37.1 Å². The molecule has 1 aliphatic rings. The molecule has 9 nitrogen and oxygen atoms in total. The lowest BCUT2D eigenvalue weighted by Gasteiger charge is -2.29. The molecule has 0 spiro atoms. The lowest BCUT2D eigenvalue weighted by Crippen LogP contribution is -2.37. The number of aromatic nitrogens is 4. The average Bonchev–Trinajstić information content (AvgIpc) is 3.39. The molecule has 0 bridgehead atoms. The zero-order chi connectivity index (χ0) is 24.7. The Balaban J connectivity index is 0.00000320. The van der Waals surface area contributed by atoms with Gasteiger partial charge < -0.3 is 19.7 Å². The van der Waals surface area contributed by atoms with Crippen LogP contribution in [0.5, 0.6) is 11.5 Å². The minimum absolute atomic E-state index is 0. The first-order valence-electron chi connectivity index (χ1n) is 11.4. The largest absolute Gasteiger partial charge is 0.453 e. The fourth-order valence-electron chi connectivity index (χ4n) is 3.80. The smallest absolute Gasteiger partial charge is 0.409 e. The van der Waals surface area contributed by atoms with Crippen LogP contribution in [0.3, 0.4) is 0 Å². The van der Waals surface area contributed by atoms with Gasteiger partial charge in [0.1, 0.15) is 16.6 Å². The summed E-state index contributed by atoms with van der Waals surface area (Å²) in [5.41, 5.74) is 0. The number of methoxy groups -OCH3 is 1. The zero-order valence-corrected chi connectivity index (χ0v) is 22.4. The molecule has 4 aromatic rings. The molecule has 1 N–H and O–H groups in total. The third-order valence-electron chi connectivity index (χ3n) is 5.62. The van der Waals surface area contributed by atoms with Crippen molar-refractivity contribution >= 4 is 52.7 Å². The predicted molar refractivity (Wildman–Crippen MR) is 146 cm³/mol. The highest BCUT2D eigenvalue weighted by Crippen LogP contribution is 2.36. The van der Waals surface area contributed by atoms with Crippen LogP contribution < -0.4 is 10.1 Å². The molecule has 3 aromatic heterocycles.